The first-order chi connectivity index (χ1) is 20.9. The maximum atomic E-state index is 14.0. The number of hydrogen-bond acceptors (Lipinski definition) is 10. The van der Waals surface area contributed by atoms with Crippen LogP contribution in [0.25, 0.3) is 11.0 Å². The van der Waals surface area contributed by atoms with Crippen molar-refractivity contribution in [3.8, 4) is 11.5 Å². The van der Waals surface area contributed by atoms with Gasteiger partial charge in [-0.2, -0.15) is 0 Å². The van der Waals surface area contributed by atoms with Crippen molar-refractivity contribution in [2.24, 2.45) is 0 Å². The molecule has 1 amide bonds. The van der Waals surface area contributed by atoms with E-state index < -0.39 is 23.5 Å². The number of anilines is 1. The molecule has 0 spiro atoms. The summed E-state index contributed by atoms with van der Waals surface area (Å²) in [6, 6.07) is 21.1. The Morgan fingerprint density at radius 1 is 1.07 bits per heavy atom. The van der Waals surface area contributed by atoms with Gasteiger partial charge in [0.25, 0.3) is 5.91 Å². The van der Waals surface area contributed by atoms with E-state index in [1.165, 1.54) is 40.7 Å². The predicted molar refractivity (Wildman–Crippen MR) is 165 cm³/mol. The van der Waals surface area contributed by atoms with Crippen LogP contribution in [0.15, 0.2) is 92.9 Å². The first-order valence-electron chi connectivity index (χ1n) is 13.5. The summed E-state index contributed by atoms with van der Waals surface area (Å²) < 4.78 is 17.7. The van der Waals surface area contributed by atoms with Gasteiger partial charge in [-0.05, 0) is 49.2 Å². The van der Waals surface area contributed by atoms with E-state index in [-0.39, 0.29) is 16.5 Å². The fourth-order valence-corrected chi connectivity index (χ4v) is 6.72. The topological polar surface area (TPSA) is 115 Å². The minimum Gasteiger partial charge on any atom is -0.503 e. The van der Waals surface area contributed by atoms with Gasteiger partial charge in [0.15, 0.2) is 27.4 Å². The van der Waals surface area contributed by atoms with Gasteiger partial charge in [-0.15, -0.1) is 10.2 Å². The van der Waals surface area contributed by atoms with Gasteiger partial charge in [-0.1, -0.05) is 77.2 Å². The Hall–Kier alpha value is -4.61. The smallest absolute Gasteiger partial charge is 0.296 e. The van der Waals surface area contributed by atoms with Gasteiger partial charge in [-0.25, -0.2) is 0 Å². The molecule has 5 aromatic rings. The third-order valence-corrected chi connectivity index (χ3v) is 9.12. The van der Waals surface area contributed by atoms with E-state index in [9.17, 15) is 14.7 Å². The second kappa shape index (κ2) is 11.9. The quantitative estimate of drug-likeness (QED) is 0.100. The van der Waals surface area contributed by atoms with Crippen molar-refractivity contribution >= 4 is 50.9 Å². The third kappa shape index (κ3) is 5.49. The number of aryl methyl sites for hydroxylation is 1. The van der Waals surface area contributed by atoms with Gasteiger partial charge in [0.1, 0.15) is 5.58 Å². The summed E-state index contributed by atoms with van der Waals surface area (Å²) in [5.74, 6) is -0.445. The largest absolute Gasteiger partial charge is 0.503 e. The highest BCUT2D eigenvalue weighted by molar-refractivity contribution is 8.00. The molecule has 43 heavy (non-hydrogen) atoms. The van der Waals surface area contributed by atoms with Gasteiger partial charge in [0.2, 0.25) is 10.9 Å². The second-order valence-corrected chi connectivity index (χ2v) is 12.0. The van der Waals surface area contributed by atoms with Crippen molar-refractivity contribution in [2.75, 3.05) is 18.6 Å². The number of aliphatic hydroxyl groups is 1. The van der Waals surface area contributed by atoms with E-state index in [4.69, 9.17) is 13.9 Å². The number of furan rings is 1. The SMILES string of the molecule is CCOc1ccc(C2C(C(=O)c3cc4ccccc4o3)=C(O)C(=O)N2c2nnc(SCc3ccc(C)cc3)s2)cc1OC. The third-order valence-electron chi connectivity index (χ3n) is 6.99. The molecule has 0 radical (unpaired) electrons. The Labute approximate surface area is 255 Å². The molecular weight excluding hydrogens is 587 g/mol. The molecule has 1 atom stereocenters. The number of aliphatic hydroxyl groups excluding tert-OH is 1. The van der Waals surface area contributed by atoms with Crippen LogP contribution in [0.2, 0.25) is 0 Å². The lowest BCUT2D eigenvalue weighted by molar-refractivity contribution is -0.117. The van der Waals surface area contributed by atoms with Crippen LogP contribution in [0.1, 0.15) is 40.2 Å². The summed E-state index contributed by atoms with van der Waals surface area (Å²) in [4.78, 5) is 28.9. The van der Waals surface area contributed by atoms with Crippen LogP contribution in [0.3, 0.4) is 0 Å². The van der Waals surface area contributed by atoms with Crippen molar-refractivity contribution in [1.82, 2.24) is 10.2 Å². The molecule has 0 bridgehead atoms. The summed E-state index contributed by atoms with van der Waals surface area (Å²) in [7, 11) is 1.51. The molecule has 0 saturated carbocycles. The number of benzene rings is 3. The van der Waals surface area contributed by atoms with Crippen LogP contribution in [0.5, 0.6) is 11.5 Å². The zero-order chi connectivity index (χ0) is 30.1. The number of ether oxygens (including phenoxy) is 2. The van der Waals surface area contributed by atoms with E-state index >= 15 is 0 Å². The zero-order valence-electron chi connectivity index (χ0n) is 23.6. The number of para-hydroxylation sites is 1. The lowest BCUT2D eigenvalue weighted by atomic mass is 9.95. The zero-order valence-corrected chi connectivity index (χ0v) is 25.2. The second-order valence-electron chi connectivity index (χ2n) is 9.79. The number of amides is 1. The van der Waals surface area contributed by atoms with Crippen molar-refractivity contribution in [3.63, 3.8) is 0 Å². The molecule has 3 aromatic carbocycles. The standard InChI is InChI=1S/C32H27N3O6S2/c1-4-40-23-14-13-21(16-24(23)39-3)27-26(28(36)25-15-20-7-5-6-8-22(20)41-25)29(37)30(38)35(27)31-33-34-32(43-31)42-17-19-11-9-18(2)10-12-19/h5-16,27,37H,4,17H2,1-3H3. The van der Waals surface area contributed by atoms with Crippen molar-refractivity contribution in [2.45, 2.75) is 30.0 Å². The molecule has 6 rings (SSSR count). The Kier molecular flexibility index (Phi) is 7.92. The molecule has 1 aliphatic heterocycles. The number of aromatic nitrogens is 2. The Morgan fingerprint density at radius 2 is 1.86 bits per heavy atom. The molecule has 9 nitrogen and oxygen atoms in total. The summed E-state index contributed by atoms with van der Waals surface area (Å²) in [5.41, 5.74) is 3.21. The Bertz CT molecular complexity index is 1830. The fraction of sp³-hybridized carbons (Fsp3) is 0.188. The number of carbonyl (C=O) groups is 2. The molecule has 2 aromatic heterocycles. The summed E-state index contributed by atoms with van der Waals surface area (Å²) in [5, 5.41) is 20.8. The van der Waals surface area contributed by atoms with E-state index in [0.29, 0.717) is 39.3 Å². The highest BCUT2D eigenvalue weighted by Crippen LogP contribution is 2.45. The number of methoxy groups -OCH3 is 1. The van der Waals surface area contributed by atoms with Crippen LogP contribution < -0.4 is 14.4 Å². The van der Waals surface area contributed by atoms with Gasteiger partial charge < -0.3 is 19.0 Å². The summed E-state index contributed by atoms with van der Waals surface area (Å²) in [6.07, 6.45) is 0. The molecule has 0 aliphatic carbocycles. The first-order valence-corrected chi connectivity index (χ1v) is 15.3. The Balaban J connectivity index is 1.39. The van der Waals surface area contributed by atoms with Crippen molar-refractivity contribution < 1.29 is 28.6 Å². The maximum absolute atomic E-state index is 14.0. The molecule has 3 heterocycles. The summed E-state index contributed by atoms with van der Waals surface area (Å²) in [6.45, 7) is 4.32. The van der Waals surface area contributed by atoms with Crippen LogP contribution in [-0.2, 0) is 10.5 Å². The number of ketones is 1. The van der Waals surface area contributed by atoms with Crippen molar-refractivity contribution in [3.05, 3.63) is 107 Å². The molecule has 1 N–H and O–H groups in total. The molecular formula is C32H27N3O6S2. The predicted octanol–water partition coefficient (Wildman–Crippen LogP) is 7.08. The number of thioether (sulfide) groups is 1. The molecule has 0 fully saturated rings. The van der Waals surface area contributed by atoms with E-state index in [1.807, 2.05) is 26.0 Å². The molecule has 1 unspecified atom stereocenters. The Morgan fingerprint density at radius 3 is 2.60 bits per heavy atom. The lowest BCUT2D eigenvalue weighted by Gasteiger charge is -2.24. The molecule has 1 aliphatic rings. The number of nitrogens with zero attached hydrogens (tertiary/aromatic N) is 3. The van der Waals surface area contributed by atoms with Gasteiger partial charge in [0, 0.05) is 11.1 Å². The first kappa shape index (κ1) is 28.5. The number of hydrogen-bond donors (Lipinski definition) is 1. The van der Waals surface area contributed by atoms with Crippen LogP contribution >= 0.6 is 23.1 Å². The highest BCUT2D eigenvalue weighted by Gasteiger charge is 2.47. The highest BCUT2D eigenvalue weighted by atomic mass is 32.2. The minimum absolute atomic E-state index is 0.00640. The number of fused-ring (bicyclic) bond motifs is 1. The fourth-order valence-electron chi connectivity index (χ4n) is 4.89. The number of Topliss-reactive ketones (excluding diaryl/α,β-unsaturated/α-hetero) is 1. The van der Waals surface area contributed by atoms with Gasteiger partial charge in [-0.3, -0.25) is 14.5 Å². The van der Waals surface area contributed by atoms with Crippen LogP contribution in [0.4, 0.5) is 5.13 Å². The van der Waals surface area contributed by atoms with Crippen LogP contribution in [-0.4, -0.2) is 40.7 Å². The summed E-state index contributed by atoms with van der Waals surface area (Å²) >= 11 is 2.70. The monoisotopic (exact) mass is 613 g/mol. The molecule has 11 heteroatoms. The van der Waals surface area contributed by atoms with Crippen molar-refractivity contribution in [1.29, 1.82) is 0 Å². The average molecular weight is 614 g/mol. The van der Waals surface area contributed by atoms with E-state index in [0.717, 1.165) is 10.9 Å². The average Bonchev–Trinajstić information content (AvgIpc) is 3.73. The van der Waals surface area contributed by atoms with Crippen LogP contribution in [0, 0.1) is 6.92 Å². The molecule has 218 valence electrons. The number of rotatable bonds is 10. The van der Waals surface area contributed by atoms with Gasteiger partial charge in [0.05, 0.1) is 25.3 Å². The minimum atomic E-state index is -1.03. The van der Waals surface area contributed by atoms with E-state index in [2.05, 4.69) is 34.5 Å². The maximum Gasteiger partial charge on any atom is 0.296 e. The van der Waals surface area contributed by atoms with Gasteiger partial charge >= 0.3 is 0 Å². The normalized spacial score (nSPS) is 15.0. The number of carbonyl (C=O) groups excluding carboxylic acids is 2. The lowest BCUT2D eigenvalue weighted by Crippen LogP contribution is -2.31. The molecule has 0 saturated heterocycles. The van der Waals surface area contributed by atoms with E-state index in [1.54, 1.807) is 36.4 Å².